The van der Waals surface area contributed by atoms with Gasteiger partial charge in [-0.15, -0.1) is 0 Å². The van der Waals surface area contributed by atoms with Gasteiger partial charge in [-0.05, 0) is 47.6 Å². The predicted molar refractivity (Wildman–Crippen MR) is 125 cm³/mol. The van der Waals surface area contributed by atoms with Crippen molar-refractivity contribution in [1.29, 1.82) is 0 Å². The zero-order valence-electron chi connectivity index (χ0n) is 18.5. The van der Waals surface area contributed by atoms with Gasteiger partial charge >= 0.3 is 0 Å². The molecule has 0 bridgehead atoms. The second-order valence-electron chi connectivity index (χ2n) is 8.66. The second kappa shape index (κ2) is 9.57. The smallest absolute Gasteiger partial charge is 0.244 e. The third-order valence-corrected chi connectivity index (χ3v) is 6.37. The molecule has 0 fully saturated rings. The molecule has 0 aromatic heterocycles. The van der Waals surface area contributed by atoms with E-state index in [9.17, 15) is 14.7 Å². The topological polar surface area (TPSA) is 98.7 Å². The Morgan fingerprint density at radius 1 is 1.00 bits per heavy atom. The average Bonchev–Trinajstić information content (AvgIpc) is 3.16. The summed E-state index contributed by atoms with van der Waals surface area (Å²) in [4.78, 5) is 25.1. The van der Waals surface area contributed by atoms with Crippen molar-refractivity contribution >= 4 is 11.8 Å². The third kappa shape index (κ3) is 4.97. The Kier molecular flexibility index (Phi) is 6.58. The fourth-order valence-corrected chi connectivity index (χ4v) is 4.56. The number of rotatable bonds is 7. The molecule has 0 heterocycles. The molecule has 0 spiro atoms. The Morgan fingerprint density at radius 2 is 1.70 bits per heavy atom. The fourth-order valence-electron chi connectivity index (χ4n) is 4.56. The van der Waals surface area contributed by atoms with E-state index in [1.165, 1.54) is 5.56 Å². The van der Waals surface area contributed by atoms with E-state index < -0.39 is 23.5 Å². The largest absolute Gasteiger partial charge is 0.367 e. The Bertz CT molecular complexity index is 1160. The summed E-state index contributed by atoms with van der Waals surface area (Å²) in [5, 5.41) is 22.9. The first-order chi connectivity index (χ1) is 15.9. The van der Waals surface area contributed by atoms with E-state index in [2.05, 4.69) is 24.4 Å². The Labute approximate surface area is 193 Å². The monoisotopic (exact) mass is 444 g/mol. The van der Waals surface area contributed by atoms with E-state index in [0.717, 1.165) is 22.3 Å². The third-order valence-electron chi connectivity index (χ3n) is 6.37. The summed E-state index contributed by atoms with van der Waals surface area (Å²) < 4.78 is 0. The van der Waals surface area contributed by atoms with Crippen LogP contribution in [0.3, 0.4) is 0 Å². The van der Waals surface area contributed by atoms with Gasteiger partial charge in [-0.25, -0.2) is 5.48 Å². The lowest BCUT2D eigenvalue weighted by Gasteiger charge is -2.28. The number of carbonyl (C=O) groups is 2. The van der Waals surface area contributed by atoms with Crippen LogP contribution in [0.15, 0.2) is 72.8 Å². The van der Waals surface area contributed by atoms with Crippen LogP contribution in [-0.4, -0.2) is 22.1 Å². The highest BCUT2D eigenvalue weighted by Gasteiger charge is 2.39. The van der Waals surface area contributed by atoms with Gasteiger partial charge in [0.1, 0.15) is 0 Å². The Morgan fingerprint density at radius 3 is 2.42 bits per heavy atom. The summed E-state index contributed by atoms with van der Waals surface area (Å²) in [6.45, 7) is 2.06. The number of nitrogens with one attached hydrogen (secondary N) is 2. The predicted octanol–water partition coefficient (Wildman–Crippen LogP) is 3.62. The van der Waals surface area contributed by atoms with Gasteiger partial charge in [-0.3, -0.25) is 14.8 Å². The van der Waals surface area contributed by atoms with Crippen LogP contribution in [0.4, 0.5) is 0 Å². The number of hydroxylamine groups is 1. The molecular formula is C27H28N2O4. The highest BCUT2D eigenvalue weighted by molar-refractivity contribution is 5.86. The lowest BCUT2D eigenvalue weighted by Crippen LogP contribution is -2.47. The molecule has 4 N–H and O–H groups in total. The summed E-state index contributed by atoms with van der Waals surface area (Å²) in [5.74, 6) is -1.83. The molecule has 0 saturated heterocycles. The zero-order valence-corrected chi connectivity index (χ0v) is 18.5. The van der Waals surface area contributed by atoms with E-state index in [0.29, 0.717) is 24.8 Å². The molecule has 1 aliphatic rings. The van der Waals surface area contributed by atoms with Crippen molar-refractivity contribution in [2.45, 2.75) is 38.3 Å². The molecule has 3 aromatic rings. The number of benzene rings is 3. The Hall–Kier alpha value is -3.48. The van der Waals surface area contributed by atoms with Crippen molar-refractivity contribution < 1.29 is 19.9 Å². The molecule has 3 aromatic carbocycles. The van der Waals surface area contributed by atoms with Crippen LogP contribution in [0.5, 0.6) is 0 Å². The lowest BCUT2D eigenvalue weighted by atomic mass is 9.92. The first-order valence-electron chi connectivity index (χ1n) is 11.1. The first kappa shape index (κ1) is 22.7. The molecular weight excluding hydrogens is 416 g/mol. The molecule has 4 rings (SSSR count). The molecule has 6 heteroatoms. The van der Waals surface area contributed by atoms with E-state index in [4.69, 9.17) is 5.21 Å². The van der Waals surface area contributed by atoms with Crippen molar-refractivity contribution in [3.05, 3.63) is 95.1 Å². The maximum absolute atomic E-state index is 13.2. The number of hydrogen-bond donors (Lipinski definition) is 4. The van der Waals surface area contributed by atoms with E-state index in [-0.39, 0.29) is 6.42 Å². The maximum atomic E-state index is 13.2. The molecule has 33 heavy (non-hydrogen) atoms. The summed E-state index contributed by atoms with van der Waals surface area (Å²) in [6, 6.07) is 23.5. The van der Waals surface area contributed by atoms with Gasteiger partial charge in [0.05, 0.1) is 5.92 Å². The van der Waals surface area contributed by atoms with Gasteiger partial charge in [0.2, 0.25) is 11.8 Å². The zero-order chi connectivity index (χ0) is 23.4. The first-order valence-corrected chi connectivity index (χ1v) is 11.1. The van der Waals surface area contributed by atoms with Crippen LogP contribution in [0.25, 0.3) is 11.1 Å². The minimum atomic E-state index is -1.46. The second-order valence-corrected chi connectivity index (χ2v) is 8.66. The van der Waals surface area contributed by atoms with Gasteiger partial charge in [-0.2, -0.15) is 0 Å². The van der Waals surface area contributed by atoms with Crippen LogP contribution >= 0.6 is 0 Å². The van der Waals surface area contributed by atoms with Crippen molar-refractivity contribution in [2.75, 3.05) is 0 Å². The molecule has 0 saturated carbocycles. The molecule has 0 radical (unpaired) electrons. The minimum Gasteiger partial charge on any atom is -0.367 e. The van der Waals surface area contributed by atoms with Crippen molar-refractivity contribution in [1.82, 2.24) is 10.8 Å². The van der Waals surface area contributed by atoms with Crippen LogP contribution < -0.4 is 10.8 Å². The molecule has 1 aliphatic carbocycles. The summed E-state index contributed by atoms with van der Waals surface area (Å²) in [7, 11) is 0. The lowest BCUT2D eigenvalue weighted by molar-refractivity contribution is -0.139. The summed E-state index contributed by atoms with van der Waals surface area (Å²) >= 11 is 0. The highest BCUT2D eigenvalue weighted by Crippen LogP contribution is 2.35. The molecule has 2 atom stereocenters. The SMILES string of the molecule is Cc1ccccc1-c1ccc(C[C@H](CC(=O)NO)C(=O)N[C@]2(O)CCc3ccccc32)cc1. The standard InChI is InChI=1S/C27H28N2O4/c1-18-6-2-4-8-23(18)20-12-10-19(11-13-20)16-22(17-25(30)29-33)26(31)28-27(32)15-14-21-7-3-5-9-24(21)27/h2-13,22,32-33H,14-17H2,1H3,(H,28,31)(H,29,30)/t22-,27+/m1/s1. The van der Waals surface area contributed by atoms with Crippen molar-refractivity contribution in [2.24, 2.45) is 5.92 Å². The minimum absolute atomic E-state index is 0.195. The summed E-state index contributed by atoms with van der Waals surface area (Å²) in [6.07, 6.45) is 1.14. The molecule has 170 valence electrons. The molecule has 0 unspecified atom stereocenters. The molecule has 0 aliphatic heterocycles. The number of carbonyl (C=O) groups excluding carboxylic acids is 2. The van der Waals surface area contributed by atoms with Crippen LogP contribution in [0.2, 0.25) is 0 Å². The number of amides is 2. The number of aliphatic hydroxyl groups is 1. The quantitative estimate of drug-likeness (QED) is 0.254. The number of hydrogen-bond acceptors (Lipinski definition) is 4. The van der Waals surface area contributed by atoms with Gasteiger partial charge in [0.15, 0.2) is 5.72 Å². The van der Waals surface area contributed by atoms with Gasteiger partial charge < -0.3 is 10.4 Å². The van der Waals surface area contributed by atoms with Gasteiger partial charge in [-0.1, -0.05) is 72.8 Å². The van der Waals surface area contributed by atoms with Crippen LogP contribution in [0, 0.1) is 12.8 Å². The van der Waals surface area contributed by atoms with Crippen LogP contribution in [-0.2, 0) is 28.2 Å². The fraction of sp³-hybridized carbons (Fsp3) is 0.259. The van der Waals surface area contributed by atoms with Crippen molar-refractivity contribution in [3.8, 4) is 11.1 Å². The van der Waals surface area contributed by atoms with Crippen molar-refractivity contribution in [3.63, 3.8) is 0 Å². The normalized spacial score (nSPS) is 17.8. The highest BCUT2D eigenvalue weighted by atomic mass is 16.5. The van der Waals surface area contributed by atoms with Gasteiger partial charge in [0.25, 0.3) is 0 Å². The van der Waals surface area contributed by atoms with E-state index >= 15 is 0 Å². The Balaban J connectivity index is 1.52. The number of aryl methyl sites for hydroxylation is 2. The van der Waals surface area contributed by atoms with E-state index in [1.807, 2.05) is 60.7 Å². The molecule has 2 amide bonds. The number of fused-ring (bicyclic) bond motifs is 1. The van der Waals surface area contributed by atoms with E-state index in [1.54, 1.807) is 5.48 Å². The maximum Gasteiger partial charge on any atom is 0.244 e. The summed E-state index contributed by atoms with van der Waals surface area (Å²) in [5.41, 5.74) is 6.10. The van der Waals surface area contributed by atoms with Gasteiger partial charge in [0, 0.05) is 18.4 Å². The average molecular weight is 445 g/mol. The molecule has 6 nitrogen and oxygen atoms in total. The van der Waals surface area contributed by atoms with Crippen LogP contribution in [0.1, 0.15) is 35.1 Å².